The van der Waals surface area contributed by atoms with Gasteiger partial charge in [-0.3, -0.25) is 0 Å². The summed E-state index contributed by atoms with van der Waals surface area (Å²) in [5.41, 5.74) is 2.94. The van der Waals surface area contributed by atoms with Crippen molar-refractivity contribution in [3.8, 4) is 0 Å². The summed E-state index contributed by atoms with van der Waals surface area (Å²) in [6.07, 6.45) is 4.59. The molecule has 1 saturated carbocycles. The van der Waals surface area contributed by atoms with Gasteiger partial charge in [0.25, 0.3) is 0 Å². The first kappa shape index (κ1) is 8.49. The van der Waals surface area contributed by atoms with Gasteiger partial charge >= 0.3 is 0 Å². The summed E-state index contributed by atoms with van der Waals surface area (Å²) in [7, 11) is 0. The van der Waals surface area contributed by atoms with Gasteiger partial charge < -0.3 is 5.11 Å². The Balaban J connectivity index is 2.01. The van der Waals surface area contributed by atoms with Gasteiger partial charge in [0.15, 0.2) is 0 Å². The number of hydrogen-bond acceptors (Lipinski definition) is 1. The molecule has 0 saturated heterocycles. The average Bonchev–Trinajstić information content (AvgIpc) is 2.44. The first-order chi connectivity index (χ1) is 6.84. The zero-order chi connectivity index (χ0) is 9.54. The van der Waals surface area contributed by atoms with Crippen LogP contribution in [0.2, 0.25) is 0 Å². The fourth-order valence-electron chi connectivity index (χ4n) is 3.12. The minimum absolute atomic E-state index is 0.0394. The van der Waals surface area contributed by atoms with E-state index in [1.807, 2.05) is 0 Å². The third-order valence-corrected chi connectivity index (χ3v) is 3.96. The van der Waals surface area contributed by atoms with E-state index in [4.69, 9.17) is 0 Å². The van der Waals surface area contributed by atoms with E-state index >= 15 is 0 Å². The van der Waals surface area contributed by atoms with Crippen molar-refractivity contribution in [2.75, 3.05) is 0 Å². The molecule has 1 N–H and O–H groups in total. The van der Waals surface area contributed by atoms with Gasteiger partial charge in [-0.05, 0) is 48.6 Å². The molecule has 2 aliphatic carbocycles. The Morgan fingerprint density at radius 2 is 1.43 bits per heavy atom. The molecule has 0 radical (unpaired) electrons. The van der Waals surface area contributed by atoms with E-state index in [-0.39, 0.29) is 6.10 Å². The van der Waals surface area contributed by atoms with Gasteiger partial charge in [-0.15, -0.1) is 0 Å². The maximum absolute atomic E-state index is 10.1. The summed E-state index contributed by atoms with van der Waals surface area (Å²) in [5, 5.41) is 10.1. The van der Waals surface area contributed by atoms with Gasteiger partial charge in [0, 0.05) is 0 Å². The highest BCUT2D eigenvalue weighted by Gasteiger charge is 2.37. The Morgan fingerprint density at radius 1 is 0.929 bits per heavy atom. The number of aliphatic hydroxyl groups excluding tert-OH is 1. The molecule has 2 aliphatic rings. The maximum atomic E-state index is 10.1. The Labute approximate surface area is 84.8 Å². The summed E-state index contributed by atoms with van der Waals surface area (Å²) in [6.45, 7) is 0. The van der Waals surface area contributed by atoms with E-state index in [1.54, 1.807) is 0 Å². The normalized spacial score (nSPS) is 35.1. The molecule has 2 unspecified atom stereocenters. The molecule has 3 rings (SSSR count). The van der Waals surface area contributed by atoms with Crippen LogP contribution < -0.4 is 0 Å². The minimum atomic E-state index is -0.0394. The van der Waals surface area contributed by atoms with Crippen molar-refractivity contribution < 1.29 is 5.11 Å². The Hall–Kier alpha value is -0.820. The molecule has 1 fully saturated rings. The first-order valence-corrected chi connectivity index (χ1v) is 5.59. The Kier molecular flexibility index (Phi) is 1.88. The van der Waals surface area contributed by atoms with E-state index in [0.717, 1.165) is 12.8 Å². The van der Waals surface area contributed by atoms with Crippen LogP contribution in [0.1, 0.15) is 24.0 Å². The molecule has 0 aromatic heterocycles. The van der Waals surface area contributed by atoms with Crippen LogP contribution in [0.4, 0.5) is 0 Å². The van der Waals surface area contributed by atoms with Gasteiger partial charge in [0.05, 0.1) is 6.10 Å². The molecule has 2 atom stereocenters. The summed E-state index contributed by atoms with van der Waals surface area (Å²) in [4.78, 5) is 0. The molecule has 1 aromatic rings. The molecule has 0 amide bonds. The number of aliphatic hydroxyl groups is 1. The van der Waals surface area contributed by atoms with Crippen molar-refractivity contribution in [3.05, 3.63) is 35.4 Å². The molecular formula is C13H16O. The Morgan fingerprint density at radius 3 is 1.93 bits per heavy atom. The van der Waals surface area contributed by atoms with Crippen molar-refractivity contribution in [1.82, 2.24) is 0 Å². The van der Waals surface area contributed by atoms with Gasteiger partial charge in [0.1, 0.15) is 0 Å². The number of benzene rings is 1. The third-order valence-electron chi connectivity index (χ3n) is 3.96. The quantitative estimate of drug-likeness (QED) is 0.661. The molecule has 1 heteroatoms. The van der Waals surface area contributed by atoms with Gasteiger partial charge in [-0.2, -0.15) is 0 Å². The third kappa shape index (κ3) is 1.19. The SMILES string of the molecule is OC1C2CCC1Cc1ccccc1C2. The number of fused-ring (bicyclic) bond motifs is 3. The number of hydrogen-bond donors (Lipinski definition) is 1. The van der Waals surface area contributed by atoms with Crippen LogP contribution in [0.5, 0.6) is 0 Å². The first-order valence-electron chi connectivity index (χ1n) is 5.59. The summed E-state index contributed by atoms with van der Waals surface area (Å²) in [6, 6.07) is 8.68. The lowest BCUT2D eigenvalue weighted by Gasteiger charge is -2.14. The molecule has 1 aromatic carbocycles. The molecule has 0 spiro atoms. The van der Waals surface area contributed by atoms with E-state index < -0.39 is 0 Å². The van der Waals surface area contributed by atoms with Crippen LogP contribution in [0.3, 0.4) is 0 Å². The second-order valence-electron chi connectivity index (χ2n) is 4.77. The highest BCUT2D eigenvalue weighted by atomic mass is 16.3. The monoisotopic (exact) mass is 188 g/mol. The summed E-state index contributed by atoms with van der Waals surface area (Å²) < 4.78 is 0. The predicted octanol–water partition coefficient (Wildman–Crippen LogP) is 2.17. The van der Waals surface area contributed by atoms with Crippen molar-refractivity contribution in [3.63, 3.8) is 0 Å². The topological polar surface area (TPSA) is 20.2 Å². The molecule has 74 valence electrons. The molecule has 1 nitrogen and oxygen atoms in total. The van der Waals surface area contributed by atoms with Crippen LogP contribution in [-0.2, 0) is 12.8 Å². The van der Waals surface area contributed by atoms with Gasteiger partial charge in [0.2, 0.25) is 0 Å². The highest BCUT2D eigenvalue weighted by Crippen LogP contribution is 2.39. The van der Waals surface area contributed by atoms with Crippen LogP contribution in [0.15, 0.2) is 24.3 Å². The minimum Gasteiger partial charge on any atom is -0.393 e. The van der Waals surface area contributed by atoms with Crippen LogP contribution in [0, 0.1) is 11.8 Å². The zero-order valence-corrected chi connectivity index (χ0v) is 8.32. The average molecular weight is 188 g/mol. The van der Waals surface area contributed by atoms with Gasteiger partial charge in [-0.25, -0.2) is 0 Å². The standard InChI is InChI=1S/C13H16O/c14-13-11-5-6-12(13)8-10-4-2-1-3-9(10)7-11/h1-4,11-14H,5-8H2. The van der Waals surface area contributed by atoms with Gasteiger partial charge in [-0.1, -0.05) is 24.3 Å². The second-order valence-corrected chi connectivity index (χ2v) is 4.77. The van der Waals surface area contributed by atoms with E-state index in [2.05, 4.69) is 24.3 Å². The maximum Gasteiger partial charge on any atom is 0.0602 e. The second kappa shape index (κ2) is 3.09. The summed E-state index contributed by atoms with van der Waals surface area (Å²) >= 11 is 0. The van der Waals surface area contributed by atoms with E-state index in [9.17, 15) is 5.11 Å². The van der Waals surface area contributed by atoms with E-state index in [0.29, 0.717) is 11.8 Å². The predicted molar refractivity (Wildman–Crippen MR) is 56.1 cm³/mol. The van der Waals surface area contributed by atoms with Crippen molar-refractivity contribution in [2.24, 2.45) is 11.8 Å². The fourth-order valence-corrected chi connectivity index (χ4v) is 3.12. The van der Waals surface area contributed by atoms with Crippen molar-refractivity contribution >= 4 is 0 Å². The molecule has 14 heavy (non-hydrogen) atoms. The largest absolute Gasteiger partial charge is 0.393 e. The summed E-state index contributed by atoms with van der Waals surface area (Å²) in [5.74, 6) is 1.06. The van der Waals surface area contributed by atoms with Crippen molar-refractivity contribution in [2.45, 2.75) is 31.8 Å². The molecular weight excluding hydrogens is 172 g/mol. The van der Waals surface area contributed by atoms with Crippen LogP contribution in [-0.4, -0.2) is 11.2 Å². The van der Waals surface area contributed by atoms with Crippen molar-refractivity contribution in [1.29, 1.82) is 0 Å². The Bertz CT molecular complexity index is 312. The molecule has 2 bridgehead atoms. The lowest BCUT2D eigenvalue weighted by Crippen LogP contribution is -2.20. The molecule has 0 aliphatic heterocycles. The molecule has 0 heterocycles. The van der Waals surface area contributed by atoms with Crippen LogP contribution >= 0.6 is 0 Å². The zero-order valence-electron chi connectivity index (χ0n) is 8.32. The fraction of sp³-hybridized carbons (Fsp3) is 0.538. The highest BCUT2D eigenvalue weighted by molar-refractivity contribution is 5.30. The lowest BCUT2D eigenvalue weighted by atomic mass is 9.94. The van der Waals surface area contributed by atoms with Crippen LogP contribution in [0.25, 0.3) is 0 Å². The number of rotatable bonds is 0. The smallest absolute Gasteiger partial charge is 0.0602 e. The van der Waals surface area contributed by atoms with E-state index in [1.165, 1.54) is 24.0 Å². The lowest BCUT2D eigenvalue weighted by molar-refractivity contribution is 0.0949.